The van der Waals surface area contributed by atoms with E-state index in [1.54, 1.807) is 11.3 Å². The van der Waals surface area contributed by atoms with Crippen molar-refractivity contribution in [3.05, 3.63) is 35.5 Å². The van der Waals surface area contributed by atoms with Crippen LogP contribution >= 0.6 is 23.7 Å². The predicted octanol–water partition coefficient (Wildman–Crippen LogP) is 2.81. The van der Waals surface area contributed by atoms with Crippen molar-refractivity contribution in [2.24, 2.45) is 0 Å². The zero-order valence-electron chi connectivity index (χ0n) is 12.2. The van der Waals surface area contributed by atoms with Gasteiger partial charge in [-0.25, -0.2) is 4.98 Å². The zero-order valence-corrected chi connectivity index (χ0v) is 13.8. The second kappa shape index (κ2) is 7.84. The minimum atomic E-state index is 0. The van der Waals surface area contributed by atoms with Gasteiger partial charge in [-0.2, -0.15) is 0 Å². The Kier molecular flexibility index (Phi) is 6.11. The summed E-state index contributed by atoms with van der Waals surface area (Å²) >= 11 is 1.68. The van der Waals surface area contributed by atoms with E-state index < -0.39 is 0 Å². The van der Waals surface area contributed by atoms with Crippen molar-refractivity contribution in [1.82, 2.24) is 20.2 Å². The molecule has 3 rings (SSSR count). The van der Waals surface area contributed by atoms with E-state index in [4.69, 9.17) is 4.98 Å². The maximum atomic E-state index is 4.71. The average Bonchev–Trinajstić information content (AvgIpc) is 2.97. The molecule has 1 fully saturated rings. The van der Waals surface area contributed by atoms with Crippen LogP contribution in [0.4, 0.5) is 0 Å². The van der Waals surface area contributed by atoms with E-state index in [1.165, 1.54) is 12.8 Å². The van der Waals surface area contributed by atoms with Gasteiger partial charge < -0.3 is 5.32 Å². The Labute approximate surface area is 136 Å². The van der Waals surface area contributed by atoms with Crippen LogP contribution < -0.4 is 5.32 Å². The van der Waals surface area contributed by atoms with Gasteiger partial charge in [-0.1, -0.05) is 6.07 Å². The van der Waals surface area contributed by atoms with Crippen molar-refractivity contribution in [2.45, 2.75) is 25.4 Å². The second-order valence-electron chi connectivity index (χ2n) is 5.26. The molecule has 1 N–H and O–H groups in total. The third kappa shape index (κ3) is 4.23. The molecule has 0 amide bonds. The van der Waals surface area contributed by atoms with Crippen LogP contribution in [0.25, 0.3) is 10.7 Å². The fraction of sp³-hybridized carbons (Fsp3) is 0.467. The number of pyridine rings is 1. The summed E-state index contributed by atoms with van der Waals surface area (Å²) in [5, 5.41) is 6.58. The first-order chi connectivity index (χ1) is 9.83. The van der Waals surface area contributed by atoms with E-state index >= 15 is 0 Å². The van der Waals surface area contributed by atoms with Crippen molar-refractivity contribution in [3.8, 4) is 10.7 Å². The molecule has 21 heavy (non-hydrogen) atoms. The molecule has 1 aliphatic heterocycles. The molecule has 0 aromatic carbocycles. The van der Waals surface area contributed by atoms with Crippen molar-refractivity contribution >= 4 is 23.7 Å². The van der Waals surface area contributed by atoms with Crippen LogP contribution in [0.1, 0.15) is 18.5 Å². The van der Waals surface area contributed by atoms with E-state index in [2.05, 4.69) is 27.6 Å². The molecule has 0 aliphatic carbocycles. The van der Waals surface area contributed by atoms with E-state index in [0.717, 1.165) is 36.0 Å². The standard InChI is InChI=1S/C15H20N4S.ClH/c1-19(13-5-8-16-9-6-13)10-12-11-20-15(18-12)14-4-2-3-7-17-14;/h2-4,7,11,13,16H,5-6,8-10H2,1H3;1H. The Morgan fingerprint density at radius 3 is 2.86 bits per heavy atom. The van der Waals surface area contributed by atoms with E-state index in [-0.39, 0.29) is 12.4 Å². The minimum Gasteiger partial charge on any atom is -0.317 e. The van der Waals surface area contributed by atoms with Gasteiger partial charge in [-0.3, -0.25) is 9.88 Å². The Balaban J connectivity index is 0.00000161. The smallest absolute Gasteiger partial charge is 0.142 e. The molecule has 0 saturated carbocycles. The van der Waals surface area contributed by atoms with Gasteiger partial charge in [0.05, 0.1) is 11.4 Å². The minimum absolute atomic E-state index is 0. The third-order valence-corrected chi connectivity index (χ3v) is 4.69. The number of aromatic nitrogens is 2. The van der Waals surface area contributed by atoms with Crippen LogP contribution in [-0.2, 0) is 6.54 Å². The number of nitrogens with zero attached hydrogens (tertiary/aromatic N) is 3. The fourth-order valence-corrected chi connectivity index (χ4v) is 3.40. The molecule has 114 valence electrons. The number of rotatable bonds is 4. The first kappa shape index (κ1) is 16.4. The van der Waals surface area contributed by atoms with Crippen LogP contribution in [0.3, 0.4) is 0 Å². The molecule has 4 nitrogen and oxygen atoms in total. The van der Waals surface area contributed by atoms with Crippen molar-refractivity contribution in [3.63, 3.8) is 0 Å². The van der Waals surface area contributed by atoms with Crippen molar-refractivity contribution < 1.29 is 0 Å². The monoisotopic (exact) mass is 324 g/mol. The molecule has 0 bridgehead atoms. The predicted molar refractivity (Wildman–Crippen MR) is 90.0 cm³/mol. The Bertz CT molecular complexity index is 540. The maximum Gasteiger partial charge on any atom is 0.142 e. The van der Waals surface area contributed by atoms with Crippen molar-refractivity contribution in [2.75, 3.05) is 20.1 Å². The van der Waals surface area contributed by atoms with Gasteiger partial charge in [-0.15, -0.1) is 23.7 Å². The molecule has 0 atom stereocenters. The van der Waals surface area contributed by atoms with Gasteiger partial charge in [0.15, 0.2) is 0 Å². The highest BCUT2D eigenvalue weighted by Crippen LogP contribution is 2.22. The lowest BCUT2D eigenvalue weighted by molar-refractivity contribution is 0.190. The summed E-state index contributed by atoms with van der Waals surface area (Å²) in [6.07, 6.45) is 4.28. The zero-order chi connectivity index (χ0) is 13.8. The molecule has 3 heterocycles. The first-order valence-electron chi connectivity index (χ1n) is 7.09. The Morgan fingerprint density at radius 1 is 1.33 bits per heavy atom. The summed E-state index contributed by atoms with van der Waals surface area (Å²) in [6, 6.07) is 6.63. The topological polar surface area (TPSA) is 41.1 Å². The molecule has 0 unspecified atom stereocenters. The van der Waals surface area contributed by atoms with Gasteiger partial charge in [0, 0.05) is 24.2 Å². The molecule has 1 aliphatic rings. The highest BCUT2D eigenvalue weighted by molar-refractivity contribution is 7.13. The summed E-state index contributed by atoms with van der Waals surface area (Å²) in [4.78, 5) is 11.5. The first-order valence-corrected chi connectivity index (χ1v) is 7.97. The summed E-state index contributed by atoms with van der Waals surface area (Å²) in [7, 11) is 2.20. The second-order valence-corrected chi connectivity index (χ2v) is 6.11. The number of piperidine rings is 1. The third-order valence-electron chi connectivity index (χ3n) is 3.78. The average molecular weight is 325 g/mol. The van der Waals surface area contributed by atoms with E-state index in [0.29, 0.717) is 6.04 Å². The molecule has 6 heteroatoms. The quantitative estimate of drug-likeness (QED) is 0.939. The lowest BCUT2D eigenvalue weighted by Gasteiger charge is -2.31. The fourth-order valence-electron chi connectivity index (χ4n) is 2.62. The van der Waals surface area contributed by atoms with E-state index in [1.807, 2.05) is 24.4 Å². The molecular formula is C15H21ClN4S. The van der Waals surface area contributed by atoms with Gasteiger partial charge in [0.1, 0.15) is 5.01 Å². The Hall–Kier alpha value is -1.01. The van der Waals surface area contributed by atoms with Crippen LogP contribution in [-0.4, -0.2) is 41.0 Å². The van der Waals surface area contributed by atoms with Crippen LogP contribution in [0.5, 0.6) is 0 Å². The van der Waals surface area contributed by atoms with Crippen molar-refractivity contribution in [1.29, 1.82) is 0 Å². The normalized spacial score (nSPS) is 15.9. The van der Waals surface area contributed by atoms with Gasteiger partial charge in [0.2, 0.25) is 0 Å². The van der Waals surface area contributed by atoms with Gasteiger partial charge >= 0.3 is 0 Å². The summed E-state index contributed by atoms with van der Waals surface area (Å²) in [5.41, 5.74) is 2.12. The molecule has 1 saturated heterocycles. The highest BCUT2D eigenvalue weighted by atomic mass is 35.5. The SMILES string of the molecule is CN(Cc1csc(-c2ccccn2)n1)C1CCNCC1.Cl. The number of thiazole rings is 1. The number of halogens is 1. The molecule has 2 aromatic heterocycles. The summed E-state index contributed by atoms with van der Waals surface area (Å²) in [5.74, 6) is 0. The molecule has 0 spiro atoms. The Morgan fingerprint density at radius 2 is 2.14 bits per heavy atom. The molecular weight excluding hydrogens is 304 g/mol. The summed E-state index contributed by atoms with van der Waals surface area (Å²) in [6.45, 7) is 3.19. The number of hydrogen-bond donors (Lipinski definition) is 1. The highest BCUT2D eigenvalue weighted by Gasteiger charge is 2.18. The summed E-state index contributed by atoms with van der Waals surface area (Å²) < 4.78 is 0. The number of hydrogen-bond acceptors (Lipinski definition) is 5. The van der Waals surface area contributed by atoms with E-state index in [9.17, 15) is 0 Å². The van der Waals surface area contributed by atoms with Crippen LogP contribution in [0.2, 0.25) is 0 Å². The lowest BCUT2D eigenvalue weighted by atomic mass is 10.1. The molecule has 0 radical (unpaired) electrons. The lowest BCUT2D eigenvalue weighted by Crippen LogP contribution is -2.40. The van der Waals surface area contributed by atoms with Crippen LogP contribution in [0, 0.1) is 0 Å². The van der Waals surface area contributed by atoms with Gasteiger partial charge in [0.25, 0.3) is 0 Å². The number of nitrogens with one attached hydrogen (secondary N) is 1. The van der Waals surface area contributed by atoms with Crippen LogP contribution in [0.15, 0.2) is 29.8 Å². The maximum absolute atomic E-state index is 4.71. The molecule has 2 aromatic rings. The van der Waals surface area contributed by atoms with Gasteiger partial charge in [-0.05, 0) is 45.1 Å². The largest absolute Gasteiger partial charge is 0.317 e.